The lowest BCUT2D eigenvalue weighted by molar-refractivity contribution is 0.399. The van der Waals surface area contributed by atoms with E-state index in [9.17, 15) is 0 Å². The van der Waals surface area contributed by atoms with Crippen molar-refractivity contribution >= 4 is 17.4 Å². The Labute approximate surface area is 101 Å². The van der Waals surface area contributed by atoms with Gasteiger partial charge in [-0.2, -0.15) is 0 Å². The lowest BCUT2D eigenvalue weighted by atomic mass is 10.1. The van der Waals surface area contributed by atoms with Crippen LogP contribution in [0.15, 0.2) is 6.33 Å². The van der Waals surface area contributed by atoms with Gasteiger partial charge in [0.05, 0.1) is 0 Å². The van der Waals surface area contributed by atoms with E-state index in [1.165, 1.54) is 19.3 Å². The van der Waals surface area contributed by atoms with Crippen molar-refractivity contribution in [3.8, 4) is 0 Å². The third-order valence-corrected chi connectivity index (χ3v) is 3.45. The predicted octanol–water partition coefficient (Wildman–Crippen LogP) is 1.80. The summed E-state index contributed by atoms with van der Waals surface area (Å²) in [7, 11) is 2.16. The minimum absolute atomic E-state index is 0.529. The minimum Gasteiger partial charge on any atom is -0.369 e. The topological polar surface area (TPSA) is 41.1 Å². The van der Waals surface area contributed by atoms with Crippen LogP contribution in [-0.2, 0) is 0 Å². The molecule has 1 aromatic rings. The first-order chi connectivity index (χ1) is 7.66. The van der Waals surface area contributed by atoms with Gasteiger partial charge in [0.15, 0.2) is 0 Å². The van der Waals surface area contributed by atoms with Crippen molar-refractivity contribution < 1.29 is 0 Å². The van der Waals surface area contributed by atoms with Crippen LogP contribution in [0.5, 0.6) is 0 Å². The molecular formula is C11H17ClN4. The first-order valence-electron chi connectivity index (χ1n) is 5.56. The van der Waals surface area contributed by atoms with Gasteiger partial charge in [-0.25, -0.2) is 9.97 Å². The number of aromatic nitrogens is 2. The smallest absolute Gasteiger partial charge is 0.137 e. The number of nitrogens with zero attached hydrogens (tertiary/aromatic N) is 3. The van der Waals surface area contributed by atoms with Gasteiger partial charge in [-0.3, -0.25) is 0 Å². The summed E-state index contributed by atoms with van der Waals surface area (Å²) in [6, 6.07) is 0. The first-order valence-corrected chi connectivity index (χ1v) is 5.94. The SMILES string of the molecule is Cc1c(Cl)ncnc1NCC1CCN(C)C1. The maximum atomic E-state index is 5.93. The van der Waals surface area contributed by atoms with Crippen LogP contribution in [0, 0.1) is 12.8 Å². The van der Waals surface area contributed by atoms with Crippen molar-refractivity contribution in [2.45, 2.75) is 13.3 Å². The zero-order chi connectivity index (χ0) is 11.5. The molecule has 0 bridgehead atoms. The van der Waals surface area contributed by atoms with E-state index in [1.807, 2.05) is 6.92 Å². The second kappa shape index (κ2) is 4.97. The molecule has 1 aromatic heterocycles. The Morgan fingerprint density at radius 2 is 2.38 bits per heavy atom. The van der Waals surface area contributed by atoms with E-state index in [2.05, 4.69) is 27.2 Å². The second-order valence-electron chi connectivity index (χ2n) is 4.44. The Morgan fingerprint density at radius 3 is 3.06 bits per heavy atom. The summed E-state index contributed by atoms with van der Waals surface area (Å²) in [6.45, 7) is 5.24. The Kier molecular flexibility index (Phi) is 3.61. The van der Waals surface area contributed by atoms with Crippen molar-refractivity contribution in [2.75, 3.05) is 32.0 Å². The van der Waals surface area contributed by atoms with Crippen LogP contribution in [0.25, 0.3) is 0 Å². The van der Waals surface area contributed by atoms with E-state index in [0.29, 0.717) is 11.1 Å². The highest BCUT2D eigenvalue weighted by molar-refractivity contribution is 6.30. The average molecular weight is 241 g/mol. The molecule has 1 aliphatic heterocycles. The van der Waals surface area contributed by atoms with Gasteiger partial charge >= 0.3 is 0 Å². The molecule has 1 aliphatic rings. The molecule has 1 N–H and O–H groups in total. The summed E-state index contributed by atoms with van der Waals surface area (Å²) in [6.07, 6.45) is 2.75. The maximum absolute atomic E-state index is 5.93. The molecule has 0 saturated carbocycles. The normalized spacial score (nSPS) is 21.3. The molecule has 0 spiro atoms. The fraction of sp³-hybridized carbons (Fsp3) is 0.636. The number of likely N-dealkylation sites (tertiary alicyclic amines) is 1. The number of anilines is 1. The zero-order valence-electron chi connectivity index (χ0n) is 9.70. The Bertz CT molecular complexity index is 369. The van der Waals surface area contributed by atoms with Gasteiger partial charge in [0.25, 0.3) is 0 Å². The van der Waals surface area contributed by atoms with Gasteiger partial charge in [0.2, 0.25) is 0 Å². The number of halogens is 1. The summed E-state index contributed by atoms with van der Waals surface area (Å²) >= 11 is 5.93. The fourth-order valence-electron chi connectivity index (χ4n) is 2.04. The van der Waals surface area contributed by atoms with Gasteiger partial charge in [0, 0.05) is 18.7 Å². The molecule has 0 aromatic carbocycles. The Morgan fingerprint density at radius 1 is 1.56 bits per heavy atom. The molecular weight excluding hydrogens is 224 g/mol. The van der Waals surface area contributed by atoms with Gasteiger partial charge in [0.1, 0.15) is 17.3 Å². The summed E-state index contributed by atoms with van der Waals surface area (Å²) < 4.78 is 0. The van der Waals surface area contributed by atoms with Crippen LogP contribution in [-0.4, -0.2) is 41.5 Å². The van der Waals surface area contributed by atoms with E-state index in [1.54, 1.807) is 0 Å². The largest absolute Gasteiger partial charge is 0.369 e. The van der Waals surface area contributed by atoms with Crippen LogP contribution < -0.4 is 5.32 Å². The molecule has 4 nitrogen and oxygen atoms in total. The highest BCUT2D eigenvalue weighted by atomic mass is 35.5. The Hall–Kier alpha value is -0.870. The third kappa shape index (κ3) is 2.62. The number of hydrogen-bond acceptors (Lipinski definition) is 4. The van der Waals surface area contributed by atoms with E-state index in [-0.39, 0.29) is 0 Å². The van der Waals surface area contributed by atoms with Crippen molar-refractivity contribution in [1.29, 1.82) is 0 Å². The average Bonchev–Trinajstić information content (AvgIpc) is 2.67. The molecule has 0 radical (unpaired) electrons. The van der Waals surface area contributed by atoms with Gasteiger partial charge in [-0.1, -0.05) is 11.6 Å². The summed E-state index contributed by atoms with van der Waals surface area (Å²) in [5.74, 6) is 1.56. The van der Waals surface area contributed by atoms with E-state index in [0.717, 1.165) is 24.5 Å². The van der Waals surface area contributed by atoms with Crippen molar-refractivity contribution in [2.24, 2.45) is 5.92 Å². The van der Waals surface area contributed by atoms with E-state index in [4.69, 9.17) is 11.6 Å². The molecule has 0 aliphatic carbocycles. The lowest BCUT2D eigenvalue weighted by Gasteiger charge is -2.13. The molecule has 1 unspecified atom stereocenters. The number of nitrogens with one attached hydrogen (secondary N) is 1. The van der Waals surface area contributed by atoms with Gasteiger partial charge in [-0.05, 0) is 32.9 Å². The molecule has 1 fully saturated rings. The Balaban J connectivity index is 1.92. The second-order valence-corrected chi connectivity index (χ2v) is 4.79. The summed E-state index contributed by atoms with van der Waals surface area (Å²) in [5.41, 5.74) is 0.926. The van der Waals surface area contributed by atoms with E-state index < -0.39 is 0 Å². The number of rotatable bonds is 3. The first kappa shape index (κ1) is 11.6. The van der Waals surface area contributed by atoms with Crippen LogP contribution in [0.4, 0.5) is 5.82 Å². The molecule has 2 rings (SSSR count). The zero-order valence-corrected chi connectivity index (χ0v) is 10.5. The molecule has 1 atom stereocenters. The van der Waals surface area contributed by atoms with Gasteiger partial charge < -0.3 is 10.2 Å². The molecule has 0 amide bonds. The van der Waals surface area contributed by atoms with Crippen LogP contribution in [0.1, 0.15) is 12.0 Å². The van der Waals surface area contributed by atoms with Crippen LogP contribution >= 0.6 is 11.6 Å². The van der Waals surface area contributed by atoms with Crippen molar-refractivity contribution in [1.82, 2.24) is 14.9 Å². The maximum Gasteiger partial charge on any atom is 0.137 e. The fourth-order valence-corrected chi connectivity index (χ4v) is 2.17. The third-order valence-electron chi connectivity index (χ3n) is 3.07. The van der Waals surface area contributed by atoms with Crippen LogP contribution in [0.3, 0.4) is 0 Å². The van der Waals surface area contributed by atoms with E-state index >= 15 is 0 Å². The van der Waals surface area contributed by atoms with Crippen molar-refractivity contribution in [3.63, 3.8) is 0 Å². The lowest BCUT2D eigenvalue weighted by Crippen LogP contribution is -2.19. The highest BCUT2D eigenvalue weighted by Gasteiger charge is 2.19. The monoisotopic (exact) mass is 240 g/mol. The molecule has 1 saturated heterocycles. The van der Waals surface area contributed by atoms with Crippen LogP contribution in [0.2, 0.25) is 5.15 Å². The quantitative estimate of drug-likeness (QED) is 0.819. The summed E-state index contributed by atoms with van der Waals surface area (Å²) in [4.78, 5) is 10.5. The minimum atomic E-state index is 0.529. The molecule has 5 heteroatoms. The number of hydrogen-bond donors (Lipinski definition) is 1. The highest BCUT2D eigenvalue weighted by Crippen LogP contribution is 2.20. The standard InChI is InChI=1S/C11H17ClN4/c1-8-10(12)14-7-15-11(8)13-5-9-3-4-16(2)6-9/h7,9H,3-6H2,1-2H3,(H,13,14,15). The van der Waals surface area contributed by atoms with Crippen molar-refractivity contribution in [3.05, 3.63) is 17.0 Å². The molecule has 16 heavy (non-hydrogen) atoms. The van der Waals surface area contributed by atoms with Gasteiger partial charge in [-0.15, -0.1) is 0 Å². The molecule has 88 valence electrons. The molecule has 2 heterocycles. The summed E-state index contributed by atoms with van der Waals surface area (Å²) in [5, 5.41) is 3.88. The predicted molar refractivity (Wildman–Crippen MR) is 65.9 cm³/mol.